The Hall–Kier alpha value is -3.56. The first kappa shape index (κ1) is 26.7. The molecule has 186 valence electrons. The van der Waals surface area contributed by atoms with Crippen LogP contribution in [0.25, 0.3) is 0 Å². The van der Waals surface area contributed by atoms with Gasteiger partial charge in [-0.05, 0) is 39.7 Å². The third-order valence-electron chi connectivity index (χ3n) is 4.95. The maximum Gasteiger partial charge on any atom is 0.426 e. The van der Waals surface area contributed by atoms with Gasteiger partial charge in [-0.2, -0.15) is 0 Å². The van der Waals surface area contributed by atoms with Crippen molar-refractivity contribution < 1.29 is 33.4 Å². The highest BCUT2D eigenvalue weighted by molar-refractivity contribution is 5.87. The number of allylic oxidation sites excluding steroid dienone is 1. The van der Waals surface area contributed by atoms with Crippen molar-refractivity contribution in [2.75, 3.05) is 20.2 Å². The number of amides is 3. The van der Waals surface area contributed by atoms with E-state index < -0.39 is 41.6 Å². The number of hydrazine groups is 1. The molecule has 2 rings (SSSR count). The molecule has 0 fully saturated rings. The lowest BCUT2D eigenvalue weighted by Gasteiger charge is -2.32. The predicted molar refractivity (Wildman–Crippen MR) is 123 cm³/mol. The zero-order valence-corrected chi connectivity index (χ0v) is 20.3. The van der Waals surface area contributed by atoms with Gasteiger partial charge < -0.3 is 19.1 Å². The summed E-state index contributed by atoms with van der Waals surface area (Å²) in [5, 5.41) is 0.899. The fourth-order valence-corrected chi connectivity index (χ4v) is 3.20. The van der Waals surface area contributed by atoms with Crippen LogP contribution in [0.1, 0.15) is 39.7 Å². The average Bonchev–Trinajstić information content (AvgIpc) is 3.06. The summed E-state index contributed by atoms with van der Waals surface area (Å²) >= 11 is 0. The molecule has 10 nitrogen and oxygen atoms in total. The summed E-state index contributed by atoms with van der Waals surface area (Å²) in [5.74, 6) is -2.01. The summed E-state index contributed by atoms with van der Waals surface area (Å²) < 4.78 is 15.4. The van der Waals surface area contributed by atoms with Crippen molar-refractivity contribution in [1.82, 2.24) is 15.3 Å². The molecule has 0 aromatic heterocycles. The van der Waals surface area contributed by atoms with Gasteiger partial charge in [0.15, 0.2) is 0 Å². The molecule has 2 atom stereocenters. The minimum atomic E-state index is -1.12. The number of hydrogen-bond donors (Lipinski definition) is 1. The minimum Gasteiger partial charge on any atom is -0.467 e. The standard InChI is InChI=1S/C24H33N3O7/c1-17(21(29)32-5)27(25-22(30)33-16-18-11-7-6-8-12-18)20(28)19-13-9-10-14-26(15-19)23(31)34-24(2,3)4/h6-12,17,19H,13-16H2,1-5H3,(H,25,30)/t17-,19+/m0/s1. The molecule has 1 aromatic rings. The fourth-order valence-electron chi connectivity index (χ4n) is 3.20. The molecule has 1 N–H and O–H groups in total. The highest BCUT2D eigenvalue weighted by Gasteiger charge is 2.36. The van der Waals surface area contributed by atoms with E-state index in [0.29, 0.717) is 6.42 Å². The number of benzene rings is 1. The third-order valence-corrected chi connectivity index (χ3v) is 4.95. The SMILES string of the molecule is COC(=O)[C@H](C)N(NC(=O)OCc1ccccc1)C(=O)[C@@H]1CC=CCN(C(=O)OC(C)(C)C)C1. The van der Waals surface area contributed by atoms with Gasteiger partial charge >= 0.3 is 18.2 Å². The monoisotopic (exact) mass is 475 g/mol. The molecule has 0 bridgehead atoms. The third kappa shape index (κ3) is 8.09. The van der Waals surface area contributed by atoms with E-state index in [4.69, 9.17) is 14.2 Å². The van der Waals surface area contributed by atoms with Crippen molar-refractivity contribution in [3.63, 3.8) is 0 Å². The number of rotatable bonds is 5. The second-order valence-corrected chi connectivity index (χ2v) is 8.87. The number of methoxy groups -OCH3 is 1. The molecule has 1 aliphatic heterocycles. The van der Waals surface area contributed by atoms with Gasteiger partial charge in [0.2, 0.25) is 5.91 Å². The van der Waals surface area contributed by atoms with E-state index in [-0.39, 0.29) is 19.7 Å². The first-order chi connectivity index (χ1) is 16.0. The lowest BCUT2D eigenvalue weighted by molar-refractivity contribution is -0.156. The quantitative estimate of drug-likeness (QED) is 0.301. The second kappa shape index (κ2) is 12.1. The number of esters is 1. The van der Waals surface area contributed by atoms with Crippen molar-refractivity contribution in [2.24, 2.45) is 5.92 Å². The molecule has 0 aliphatic carbocycles. The van der Waals surface area contributed by atoms with Crippen molar-refractivity contribution in [1.29, 1.82) is 0 Å². The van der Waals surface area contributed by atoms with Gasteiger partial charge in [-0.15, -0.1) is 0 Å². The molecule has 0 unspecified atom stereocenters. The number of carbonyl (C=O) groups is 4. The molecule has 10 heteroatoms. The molecular formula is C24H33N3O7. The summed E-state index contributed by atoms with van der Waals surface area (Å²) in [4.78, 5) is 52.0. The Balaban J connectivity index is 2.14. The zero-order valence-electron chi connectivity index (χ0n) is 20.3. The Labute approximate surface area is 199 Å². The molecule has 1 aromatic carbocycles. The van der Waals surface area contributed by atoms with Crippen molar-refractivity contribution in [2.45, 2.75) is 52.4 Å². The number of nitrogens with one attached hydrogen (secondary N) is 1. The minimum absolute atomic E-state index is 0.0140. The average molecular weight is 476 g/mol. The van der Waals surface area contributed by atoms with Crippen LogP contribution in [0.3, 0.4) is 0 Å². The Bertz CT molecular complexity index is 896. The fraction of sp³-hybridized carbons (Fsp3) is 0.500. The molecule has 0 saturated carbocycles. The van der Waals surface area contributed by atoms with E-state index in [0.717, 1.165) is 10.6 Å². The second-order valence-electron chi connectivity index (χ2n) is 8.87. The van der Waals surface area contributed by atoms with Crippen molar-refractivity contribution in [3.05, 3.63) is 48.0 Å². The van der Waals surface area contributed by atoms with Gasteiger partial charge in [-0.25, -0.2) is 24.8 Å². The first-order valence-electron chi connectivity index (χ1n) is 11.0. The van der Waals surface area contributed by atoms with Gasteiger partial charge in [0.1, 0.15) is 18.2 Å². The van der Waals surface area contributed by atoms with Gasteiger partial charge in [-0.1, -0.05) is 42.5 Å². The van der Waals surface area contributed by atoms with Crippen molar-refractivity contribution >= 4 is 24.1 Å². The van der Waals surface area contributed by atoms with Crippen LogP contribution in [0.4, 0.5) is 9.59 Å². The molecule has 1 aliphatic rings. The number of hydrogen-bond acceptors (Lipinski definition) is 7. The molecule has 34 heavy (non-hydrogen) atoms. The summed E-state index contributed by atoms with van der Waals surface area (Å²) in [6.45, 7) is 7.01. The Morgan fingerprint density at radius 1 is 1.15 bits per heavy atom. The first-order valence-corrected chi connectivity index (χ1v) is 11.0. The summed E-state index contributed by atoms with van der Waals surface area (Å²) in [5.41, 5.74) is 2.44. The van der Waals surface area contributed by atoms with Crippen LogP contribution >= 0.6 is 0 Å². The van der Waals surface area contributed by atoms with Gasteiger partial charge in [0.05, 0.1) is 13.0 Å². The highest BCUT2D eigenvalue weighted by atomic mass is 16.6. The number of ether oxygens (including phenoxy) is 3. The van der Waals surface area contributed by atoms with E-state index in [1.165, 1.54) is 18.9 Å². The van der Waals surface area contributed by atoms with Gasteiger partial charge in [0, 0.05) is 13.1 Å². The maximum absolute atomic E-state index is 13.4. The molecule has 1 heterocycles. The van der Waals surface area contributed by atoms with E-state index in [1.807, 2.05) is 18.2 Å². The Kier molecular flexibility index (Phi) is 9.47. The molecule has 3 amide bonds. The van der Waals surface area contributed by atoms with Crippen LogP contribution in [0.2, 0.25) is 0 Å². The largest absolute Gasteiger partial charge is 0.467 e. The van der Waals surface area contributed by atoms with E-state index >= 15 is 0 Å². The topological polar surface area (TPSA) is 114 Å². The molecular weight excluding hydrogens is 442 g/mol. The van der Waals surface area contributed by atoms with Crippen LogP contribution in [0, 0.1) is 5.92 Å². The lowest BCUT2D eigenvalue weighted by atomic mass is 10.0. The predicted octanol–water partition coefficient (Wildman–Crippen LogP) is 3.03. The van der Waals surface area contributed by atoms with Crippen LogP contribution in [0.5, 0.6) is 0 Å². The number of nitrogens with zero attached hydrogens (tertiary/aromatic N) is 2. The maximum atomic E-state index is 13.4. The zero-order chi connectivity index (χ0) is 25.3. The van der Waals surface area contributed by atoms with Gasteiger partial charge in [0.25, 0.3) is 0 Å². The summed E-state index contributed by atoms with van der Waals surface area (Å²) in [6.07, 6.45) is 2.40. The van der Waals surface area contributed by atoms with Crippen LogP contribution < -0.4 is 5.43 Å². The Morgan fingerprint density at radius 2 is 1.82 bits per heavy atom. The number of carbonyl (C=O) groups excluding carboxylic acids is 4. The molecule has 0 spiro atoms. The van der Waals surface area contributed by atoms with E-state index in [9.17, 15) is 19.2 Å². The van der Waals surface area contributed by atoms with Crippen LogP contribution in [0.15, 0.2) is 42.5 Å². The molecule has 0 saturated heterocycles. The van der Waals surface area contributed by atoms with Crippen LogP contribution in [-0.2, 0) is 30.4 Å². The van der Waals surface area contributed by atoms with E-state index in [2.05, 4.69) is 5.43 Å². The van der Waals surface area contributed by atoms with E-state index in [1.54, 1.807) is 45.1 Å². The summed E-state index contributed by atoms with van der Waals surface area (Å²) in [6, 6.07) is 7.91. The smallest absolute Gasteiger partial charge is 0.426 e. The lowest BCUT2D eigenvalue weighted by Crippen LogP contribution is -2.57. The normalized spacial score (nSPS) is 16.6. The highest BCUT2D eigenvalue weighted by Crippen LogP contribution is 2.19. The summed E-state index contributed by atoms with van der Waals surface area (Å²) in [7, 11) is 1.19. The van der Waals surface area contributed by atoms with Crippen LogP contribution in [-0.4, -0.2) is 65.8 Å². The van der Waals surface area contributed by atoms with Crippen molar-refractivity contribution in [3.8, 4) is 0 Å². The Morgan fingerprint density at radius 3 is 2.44 bits per heavy atom. The molecule has 0 radical (unpaired) electrons. The van der Waals surface area contributed by atoms with Gasteiger partial charge in [-0.3, -0.25) is 4.79 Å².